The molecule has 0 amide bonds. The first kappa shape index (κ1) is 39.3. The van der Waals surface area contributed by atoms with Gasteiger partial charge < -0.3 is 25.4 Å². The van der Waals surface area contributed by atoms with E-state index in [0.29, 0.717) is 11.8 Å². The fraction of sp³-hybridized carbons (Fsp3) is 0.0333. The lowest BCUT2D eigenvalue weighted by molar-refractivity contribution is 0.0697. The van der Waals surface area contributed by atoms with Crippen LogP contribution in [0.25, 0.3) is 0 Å². The quantitative estimate of drug-likeness (QED) is 0.0123. The van der Waals surface area contributed by atoms with Gasteiger partial charge in [-0.1, -0.05) is 48.2 Å². The molecule has 20 nitrogen and oxygen atoms in total. The molecule has 5 rings (SSSR count). The molecule has 0 aliphatic carbocycles. The summed E-state index contributed by atoms with van der Waals surface area (Å²) >= 11 is -1.42. The van der Waals surface area contributed by atoms with E-state index in [1.54, 1.807) is 30.5 Å². The predicted octanol–water partition coefficient (Wildman–Crippen LogP) is 4.77. The van der Waals surface area contributed by atoms with Crippen molar-refractivity contribution in [3.05, 3.63) is 96.1 Å². The van der Waals surface area contributed by atoms with Crippen molar-refractivity contribution in [2.75, 3.05) is 22.3 Å². The number of aromatic nitrogens is 3. The molecule has 7 N–H and O–H groups in total. The molecule has 0 saturated carbocycles. The molecule has 1 unspecified atom stereocenters. The number of nitrogens with zero attached hydrogens (tertiary/aromatic N) is 6. The topological polar surface area (TPSA) is 318 Å². The number of hydrazone groups is 1. The molecule has 54 heavy (non-hydrogen) atoms. The third-order valence-electron chi connectivity index (χ3n) is 6.77. The molecule has 0 aliphatic rings. The van der Waals surface area contributed by atoms with Gasteiger partial charge in [0.05, 0.1) is 26.7 Å². The highest BCUT2D eigenvalue weighted by Gasteiger charge is 2.20. The number of thioether (sulfide) groups is 1. The van der Waals surface area contributed by atoms with Gasteiger partial charge in [0.2, 0.25) is 17.7 Å². The minimum absolute atomic E-state index is 0.0123. The van der Waals surface area contributed by atoms with Crippen LogP contribution < -0.4 is 16.1 Å². The minimum Gasteiger partial charge on any atom is -0.768 e. The molecule has 0 saturated heterocycles. The third-order valence-corrected chi connectivity index (χ3v) is 9.64. The van der Waals surface area contributed by atoms with Crippen molar-refractivity contribution in [3.8, 4) is 5.75 Å². The normalized spacial score (nSPS) is 12.7. The van der Waals surface area contributed by atoms with Crippen molar-refractivity contribution < 1.29 is 49.7 Å². The molecule has 1 atom stereocenters. The Hall–Kier alpha value is -5.89. The highest BCUT2D eigenvalue weighted by molar-refractivity contribution is 7.98. The van der Waals surface area contributed by atoms with E-state index in [2.05, 4.69) is 46.3 Å². The number of phenolic OH excluding ortho intramolecular Hbond substituents is 1. The van der Waals surface area contributed by atoms with Gasteiger partial charge in [0.1, 0.15) is 5.69 Å². The zero-order valence-electron chi connectivity index (χ0n) is 27.0. The Balaban J connectivity index is 1.54. The van der Waals surface area contributed by atoms with Gasteiger partial charge in [-0.3, -0.25) is 18.7 Å². The molecule has 1 aromatic heterocycles. The van der Waals surface area contributed by atoms with E-state index in [-0.39, 0.29) is 44.7 Å². The molecule has 5 aromatic rings. The molecular formula is C30H24N9O11S4-. The fourth-order valence-electron chi connectivity index (χ4n) is 4.31. The fourth-order valence-corrected chi connectivity index (χ4v) is 6.11. The third kappa shape index (κ3) is 9.95. The van der Waals surface area contributed by atoms with Crippen LogP contribution in [0.15, 0.2) is 120 Å². The average Bonchev–Trinajstić information content (AvgIpc) is 3.12. The van der Waals surface area contributed by atoms with Gasteiger partial charge in [-0.25, -0.2) is 4.79 Å². The van der Waals surface area contributed by atoms with Crippen LogP contribution in [0.2, 0.25) is 0 Å². The van der Waals surface area contributed by atoms with E-state index in [9.17, 15) is 49.7 Å². The van der Waals surface area contributed by atoms with Gasteiger partial charge >= 0.3 is 5.97 Å². The number of hydrogen-bond donors (Lipinski definition) is 7. The van der Waals surface area contributed by atoms with E-state index in [1.165, 1.54) is 30.3 Å². The van der Waals surface area contributed by atoms with Crippen LogP contribution in [0.4, 0.5) is 34.6 Å². The molecule has 0 radical (unpaired) electrons. The number of rotatable bonds is 13. The first-order chi connectivity index (χ1) is 25.5. The molecule has 0 bridgehead atoms. The highest BCUT2D eigenvalue weighted by atomic mass is 32.2. The Labute approximate surface area is 312 Å². The van der Waals surface area contributed by atoms with Gasteiger partial charge in [0.25, 0.3) is 20.2 Å². The van der Waals surface area contributed by atoms with Crippen LogP contribution in [0, 0.1) is 0 Å². The van der Waals surface area contributed by atoms with E-state index in [0.717, 1.165) is 36.0 Å². The van der Waals surface area contributed by atoms with Crippen molar-refractivity contribution in [3.63, 3.8) is 0 Å². The van der Waals surface area contributed by atoms with Gasteiger partial charge in [-0.05, 0) is 65.9 Å². The smallest absolute Gasteiger partial charge is 0.337 e. The first-order valence-electron chi connectivity index (χ1n) is 14.6. The van der Waals surface area contributed by atoms with Crippen molar-refractivity contribution in [1.29, 1.82) is 0 Å². The Bertz CT molecular complexity index is 2560. The number of aromatic carboxylic acids is 1. The number of aromatic hydroxyl groups is 1. The van der Waals surface area contributed by atoms with Crippen LogP contribution in [-0.4, -0.2) is 77.9 Å². The van der Waals surface area contributed by atoms with E-state index >= 15 is 0 Å². The summed E-state index contributed by atoms with van der Waals surface area (Å²) in [7, 11) is -9.66. The SMILES string of the molecule is CSc1nc(Nc2cccc(S(=O)[O-])c2)nc(Nc2cc(S(=O)(=O)O)cc(N=N/C(=N\Nc3ccc(S(=O)(=O)O)cc3C(=O)O)c3ccccc3)c2O)n1. The van der Waals surface area contributed by atoms with Crippen LogP contribution in [-0.2, 0) is 31.3 Å². The zero-order chi connectivity index (χ0) is 39.2. The average molecular weight is 815 g/mol. The molecule has 0 fully saturated rings. The highest BCUT2D eigenvalue weighted by Crippen LogP contribution is 2.39. The maximum absolute atomic E-state index is 12.3. The number of azo groups is 1. The number of anilines is 5. The monoisotopic (exact) mass is 814 g/mol. The lowest BCUT2D eigenvalue weighted by atomic mass is 10.2. The maximum Gasteiger partial charge on any atom is 0.337 e. The van der Waals surface area contributed by atoms with Crippen LogP contribution in [0.1, 0.15) is 15.9 Å². The summed E-state index contributed by atoms with van der Waals surface area (Å²) in [5.41, 5.74) is 1.36. The first-order valence-corrected chi connectivity index (χ1v) is 19.7. The van der Waals surface area contributed by atoms with Crippen LogP contribution in [0.5, 0.6) is 5.75 Å². The van der Waals surface area contributed by atoms with Gasteiger partial charge in [-0.2, -0.15) is 36.9 Å². The number of carbonyl (C=O) groups is 1. The maximum atomic E-state index is 12.3. The molecule has 24 heteroatoms. The van der Waals surface area contributed by atoms with Crippen LogP contribution in [0.3, 0.4) is 0 Å². The number of amidine groups is 1. The van der Waals surface area contributed by atoms with Gasteiger partial charge in [0.15, 0.2) is 10.9 Å². The van der Waals surface area contributed by atoms with Crippen molar-refractivity contribution >= 4 is 89.5 Å². The summed E-state index contributed by atoms with van der Waals surface area (Å²) in [6.45, 7) is 0. The number of phenols is 1. The van der Waals surface area contributed by atoms with Crippen molar-refractivity contribution in [2.45, 2.75) is 19.8 Å². The summed E-state index contributed by atoms with van der Waals surface area (Å²) in [6.07, 6.45) is 1.65. The van der Waals surface area contributed by atoms with Crippen LogP contribution >= 0.6 is 11.8 Å². The summed E-state index contributed by atoms with van der Waals surface area (Å²) in [6, 6.07) is 18.0. The van der Waals surface area contributed by atoms with E-state index < -0.39 is 64.1 Å². The number of carboxylic acids is 1. The molecule has 0 aliphatic heterocycles. The standard InChI is InChI=1S/C30H25N9O11S4/c1-51-30-34-28(31-17-8-5-9-18(12-17)52(43)44)33-29(35-30)32-23-14-20(54(48,49)50)15-24(25(23)40)37-39-26(16-6-3-2-4-7-16)38-36-22-11-10-19(53(45,46)47)13-21(22)27(41)42/h2-15,36,40H,1H3,(H,41,42)(H,43,44)(H,45,46,47)(H,48,49,50)(H2,31,32,33,34,35)/p-1/b38-26-,39-37?. The Kier molecular flexibility index (Phi) is 12.0. The second-order valence-electron chi connectivity index (χ2n) is 10.4. The van der Waals surface area contributed by atoms with E-state index in [4.69, 9.17) is 0 Å². The Morgan fingerprint density at radius 3 is 2.15 bits per heavy atom. The van der Waals surface area contributed by atoms with E-state index in [1.807, 2.05) is 0 Å². The molecule has 1 heterocycles. The zero-order valence-corrected chi connectivity index (χ0v) is 30.3. The lowest BCUT2D eigenvalue weighted by Crippen LogP contribution is -2.08. The minimum atomic E-state index is -4.93. The number of nitrogens with one attached hydrogen (secondary N) is 3. The Morgan fingerprint density at radius 1 is 0.833 bits per heavy atom. The van der Waals surface area contributed by atoms with Gasteiger partial charge in [-0.15, -0.1) is 10.2 Å². The lowest BCUT2D eigenvalue weighted by Gasteiger charge is -2.13. The van der Waals surface area contributed by atoms with Crippen molar-refractivity contribution in [2.24, 2.45) is 15.3 Å². The van der Waals surface area contributed by atoms with Gasteiger partial charge in [0, 0.05) is 16.1 Å². The number of carboxylic acid groups (broad SMARTS) is 1. The molecule has 4 aromatic carbocycles. The summed E-state index contributed by atoms with van der Waals surface area (Å²) < 4.78 is 89.7. The van der Waals surface area contributed by atoms with Crippen molar-refractivity contribution in [1.82, 2.24) is 15.0 Å². The molecular weight excluding hydrogens is 791 g/mol. The number of hydrogen-bond acceptors (Lipinski definition) is 17. The molecule has 0 spiro atoms. The number of benzene rings is 4. The predicted molar refractivity (Wildman–Crippen MR) is 194 cm³/mol. The summed E-state index contributed by atoms with van der Waals surface area (Å²) in [5, 5.41) is 38.5. The largest absolute Gasteiger partial charge is 0.768 e. The second-order valence-corrected chi connectivity index (χ2v) is 15.0. The second kappa shape index (κ2) is 16.4. The molecule has 280 valence electrons. The summed E-state index contributed by atoms with van der Waals surface area (Å²) in [5.74, 6) is -2.81. The summed E-state index contributed by atoms with van der Waals surface area (Å²) in [4.78, 5) is 23.1. The Morgan fingerprint density at radius 2 is 1.52 bits per heavy atom.